The Morgan fingerprint density at radius 1 is 1.21 bits per heavy atom. The van der Waals surface area contributed by atoms with Crippen LogP contribution in [0.3, 0.4) is 0 Å². The number of piperidine rings is 1. The number of ether oxygens (including phenoxy) is 1. The van der Waals surface area contributed by atoms with E-state index in [-0.39, 0.29) is 5.78 Å². The van der Waals surface area contributed by atoms with E-state index in [4.69, 9.17) is 39.5 Å². The number of rotatable bonds is 0. The summed E-state index contributed by atoms with van der Waals surface area (Å²) in [6, 6.07) is 3.77. The number of likely N-dealkylation sites (tertiary alicyclic amines) is 1. The van der Waals surface area contributed by atoms with Gasteiger partial charge in [-0.3, -0.25) is 9.59 Å². The van der Waals surface area contributed by atoms with Crippen LogP contribution in [0, 0.1) is 13.8 Å². The molecule has 0 aromatic heterocycles. The van der Waals surface area contributed by atoms with E-state index in [0.717, 1.165) is 11.1 Å². The minimum absolute atomic E-state index is 0.0838. The Morgan fingerprint density at radius 2 is 1.83 bits per heavy atom. The number of halogens is 3. The van der Waals surface area contributed by atoms with E-state index in [0.29, 0.717) is 43.7 Å². The molecule has 0 N–H and O–H groups in total. The smallest absolute Gasteiger partial charge is 0.274 e. The molecule has 1 amide bonds. The average molecular weight is 391 g/mol. The number of carbonyl (C=O) groups is 2. The van der Waals surface area contributed by atoms with Gasteiger partial charge < -0.3 is 9.64 Å². The second-order valence-corrected chi connectivity index (χ2v) is 8.84. The highest BCUT2D eigenvalue weighted by atomic mass is 35.6. The van der Waals surface area contributed by atoms with Crippen molar-refractivity contribution in [3.8, 4) is 5.75 Å². The van der Waals surface area contributed by atoms with Crippen LogP contribution >= 0.6 is 34.8 Å². The summed E-state index contributed by atoms with van der Waals surface area (Å²) in [6.45, 7) is 4.76. The zero-order valence-electron chi connectivity index (χ0n) is 13.5. The maximum atomic E-state index is 12.6. The minimum atomic E-state index is -1.95. The van der Waals surface area contributed by atoms with Gasteiger partial charge in [-0.1, -0.05) is 40.9 Å². The van der Waals surface area contributed by atoms with Crippen molar-refractivity contribution >= 4 is 46.5 Å². The molecule has 0 bridgehead atoms. The summed E-state index contributed by atoms with van der Waals surface area (Å²) in [4.78, 5) is 26.2. The van der Waals surface area contributed by atoms with Gasteiger partial charge >= 0.3 is 0 Å². The van der Waals surface area contributed by atoms with Crippen molar-refractivity contribution in [3.63, 3.8) is 0 Å². The lowest BCUT2D eigenvalue weighted by molar-refractivity contribution is -0.133. The summed E-state index contributed by atoms with van der Waals surface area (Å²) >= 11 is 17.0. The number of Topliss-reactive ketones (excluding diaryl/α,β-unsaturated/α-hetero) is 1. The molecular formula is C17H18Cl3NO3. The van der Waals surface area contributed by atoms with Crippen LogP contribution < -0.4 is 4.74 Å². The molecule has 0 aliphatic carbocycles. The summed E-state index contributed by atoms with van der Waals surface area (Å²) in [6.07, 6.45) is 1.40. The summed E-state index contributed by atoms with van der Waals surface area (Å²) in [5.74, 6) is 0.227. The average Bonchev–Trinajstić information content (AvgIpc) is 2.51. The van der Waals surface area contributed by atoms with Crippen molar-refractivity contribution in [1.29, 1.82) is 0 Å². The Labute approximate surface area is 156 Å². The van der Waals surface area contributed by atoms with Gasteiger partial charge in [0.25, 0.3) is 9.70 Å². The van der Waals surface area contributed by atoms with Crippen LogP contribution in [0.15, 0.2) is 12.1 Å². The number of ketones is 1. The Bertz CT molecular complexity index is 704. The van der Waals surface area contributed by atoms with Crippen molar-refractivity contribution in [1.82, 2.24) is 4.90 Å². The third kappa shape index (κ3) is 3.12. The van der Waals surface area contributed by atoms with Gasteiger partial charge in [-0.05, 0) is 31.0 Å². The first-order valence-electron chi connectivity index (χ1n) is 7.81. The van der Waals surface area contributed by atoms with Crippen LogP contribution in [0.2, 0.25) is 0 Å². The van der Waals surface area contributed by atoms with Gasteiger partial charge in [0.15, 0.2) is 5.78 Å². The van der Waals surface area contributed by atoms with Gasteiger partial charge in [0, 0.05) is 25.9 Å². The standard InChI is InChI=1S/C17H18Cl3NO3/c1-10-3-4-12-13(22)9-16(24-14(12)11(10)2)5-7-21(8-6-16)15(23)17(18,19)20/h3-4H,5-9H2,1-2H3. The molecule has 130 valence electrons. The number of fused-ring (bicyclic) bond motifs is 1. The molecule has 2 aliphatic heterocycles. The van der Waals surface area contributed by atoms with E-state index in [1.807, 2.05) is 26.0 Å². The number of aryl methyl sites for hydroxylation is 1. The highest BCUT2D eigenvalue weighted by Gasteiger charge is 2.46. The molecule has 1 fully saturated rings. The highest BCUT2D eigenvalue weighted by molar-refractivity contribution is 6.76. The lowest BCUT2D eigenvalue weighted by Crippen LogP contribution is -2.54. The largest absolute Gasteiger partial charge is 0.486 e. The van der Waals surface area contributed by atoms with E-state index in [9.17, 15) is 9.59 Å². The Morgan fingerprint density at radius 3 is 2.42 bits per heavy atom. The second kappa shape index (κ2) is 6.08. The monoisotopic (exact) mass is 389 g/mol. The number of alkyl halides is 3. The normalized spacial score (nSPS) is 19.9. The number of carbonyl (C=O) groups excluding carboxylic acids is 2. The maximum Gasteiger partial charge on any atom is 0.274 e. The lowest BCUT2D eigenvalue weighted by atomic mass is 9.81. The predicted molar refractivity (Wildman–Crippen MR) is 94.3 cm³/mol. The second-order valence-electron chi connectivity index (χ2n) is 6.56. The van der Waals surface area contributed by atoms with Crippen molar-refractivity contribution in [2.75, 3.05) is 13.1 Å². The molecule has 1 aromatic rings. The number of benzene rings is 1. The molecule has 3 rings (SSSR count). The predicted octanol–water partition coefficient (Wildman–Crippen LogP) is 4.00. The number of nitrogens with zero attached hydrogens (tertiary/aromatic N) is 1. The zero-order chi connectivity index (χ0) is 17.7. The SMILES string of the molecule is Cc1ccc2c(c1C)OC1(CCN(C(=O)C(Cl)(Cl)Cl)CC1)CC2=O. The molecule has 0 saturated carbocycles. The first-order chi connectivity index (χ1) is 11.1. The van der Waals surface area contributed by atoms with Crippen LogP contribution in [0.25, 0.3) is 0 Å². The number of hydrogen-bond donors (Lipinski definition) is 0. The fourth-order valence-electron chi connectivity index (χ4n) is 3.36. The number of amides is 1. The quantitative estimate of drug-likeness (QED) is 0.629. The van der Waals surface area contributed by atoms with E-state index >= 15 is 0 Å². The van der Waals surface area contributed by atoms with Crippen LogP contribution in [0.5, 0.6) is 5.75 Å². The van der Waals surface area contributed by atoms with Crippen LogP contribution in [-0.2, 0) is 4.79 Å². The van der Waals surface area contributed by atoms with Crippen molar-refractivity contribution in [2.45, 2.75) is 42.5 Å². The van der Waals surface area contributed by atoms with Gasteiger partial charge in [0.2, 0.25) is 0 Å². The summed E-state index contributed by atoms with van der Waals surface area (Å²) in [5, 5.41) is 0. The van der Waals surface area contributed by atoms with Crippen LogP contribution in [0.1, 0.15) is 40.7 Å². The third-order valence-corrected chi connectivity index (χ3v) is 5.47. The lowest BCUT2D eigenvalue weighted by Gasteiger charge is -2.44. The molecule has 7 heteroatoms. The van der Waals surface area contributed by atoms with Gasteiger partial charge in [-0.15, -0.1) is 0 Å². The topological polar surface area (TPSA) is 46.6 Å². The van der Waals surface area contributed by atoms with E-state index < -0.39 is 15.3 Å². The fourth-order valence-corrected chi connectivity index (χ4v) is 3.72. The maximum absolute atomic E-state index is 12.6. The van der Waals surface area contributed by atoms with E-state index in [1.54, 1.807) is 0 Å². The number of hydrogen-bond acceptors (Lipinski definition) is 3. The Balaban J connectivity index is 1.81. The van der Waals surface area contributed by atoms with Crippen LogP contribution in [0.4, 0.5) is 0 Å². The first kappa shape index (κ1) is 17.8. The molecule has 1 spiro atoms. The van der Waals surface area contributed by atoms with E-state index in [2.05, 4.69) is 0 Å². The Kier molecular flexibility index (Phi) is 4.52. The van der Waals surface area contributed by atoms with Gasteiger partial charge in [-0.2, -0.15) is 0 Å². The molecule has 2 heterocycles. The summed E-state index contributed by atoms with van der Waals surface area (Å²) in [7, 11) is 0. The molecule has 1 saturated heterocycles. The summed E-state index contributed by atoms with van der Waals surface area (Å²) < 4.78 is 4.35. The van der Waals surface area contributed by atoms with Gasteiger partial charge in [0.1, 0.15) is 11.4 Å². The fraction of sp³-hybridized carbons (Fsp3) is 0.529. The first-order valence-corrected chi connectivity index (χ1v) is 8.95. The van der Waals surface area contributed by atoms with Crippen molar-refractivity contribution in [3.05, 3.63) is 28.8 Å². The zero-order valence-corrected chi connectivity index (χ0v) is 15.8. The van der Waals surface area contributed by atoms with E-state index in [1.165, 1.54) is 4.90 Å². The van der Waals surface area contributed by atoms with Gasteiger partial charge in [0.05, 0.1) is 12.0 Å². The van der Waals surface area contributed by atoms with Gasteiger partial charge in [-0.25, -0.2) is 0 Å². The van der Waals surface area contributed by atoms with Crippen molar-refractivity contribution in [2.24, 2.45) is 0 Å². The third-order valence-electron chi connectivity index (χ3n) is 4.98. The molecule has 24 heavy (non-hydrogen) atoms. The minimum Gasteiger partial charge on any atom is -0.486 e. The molecule has 0 unspecified atom stereocenters. The molecular weight excluding hydrogens is 373 g/mol. The van der Waals surface area contributed by atoms with Crippen molar-refractivity contribution < 1.29 is 14.3 Å². The molecule has 0 atom stereocenters. The van der Waals surface area contributed by atoms with Crippen LogP contribution in [-0.4, -0.2) is 39.1 Å². The highest BCUT2D eigenvalue weighted by Crippen LogP contribution is 2.42. The molecule has 0 radical (unpaired) electrons. The Hall–Kier alpha value is -0.970. The molecule has 1 aromatic carbocycles. The summed E-state index contributed by atoms with van der Waals surface area (Å²) in [5.41, 5.74) is 2.14. The molecule has 4 nitrogen and oxygen atoms in total. The molecule has 2 aliphatic rings.